The zero-order chi connectivity index (χ0) is 25.7. The summed E-state index contributed by atoms with van der Waals surface area (Å²) in [6, 6.07) is 21.0. The summed E-state index contributed by atoms with van der Waals surface area (Å²) >= 11 is 0. The molecule has 0 aromatic heterocycles. The van der Waals surface area contributed by atoms with Gasteiger partial charge in [0.15, 0.2) is 6.10 Å². The van der Waals surface area contributed by atoms with Crippen LogP contribution in [0.5, 0.6) is 5.75 Å². The highest BCUT2D eigenvalue weighted by atomic mass is 16.5. The smallest absolute Gasteiger partial charge is 0.265 e. The van der Waals surface area contributed by atoms with E-state index in [0.29, 0.717) is 23.4 Å². The molecule has 2 N–H and O–H groups in total. The monoisotopic (exact) mass is 484 g/mol. The second-order valence-electron chi connectivity index (χ2n) is 10.5. The Kier molecular flexibility index (Phi) is 7.78. The number of aryl methyl sites for hydroxylation is 2. The van der Waals surface area contributed by atoms with Crippen LogP contribution in [0.3, 0.4) is 0 Å². The fourth-order valence-corrected chi connectivity index (χ4v) is 4.49. The van der Waals surface area contributed by atoms with Crippen molar-refractivity contribution in [1.29, 1.82) is 0 Å². The van der Waals surface area contributed by atoms with Gasteiger partial charge in [-0.05, 0) is 96.7 Å². The van der Waals surface area contributed by atoms with E-state index in [1.165, 1.54) is 29.5 Å². The first-order valence-electron chi connectivity index (χ1n) is 12.8. The molecular weight excluding hydrogens is 448 g/mol. The summed E-state index contributed by atoms with van der Waals surface area (Å²) in [4.78, 5) is 25.7. The summed E-state index contributed by atoms with van der Waals surface area (Å²) in [6.07, 6.45) is 4.55. The normalized spacial score (nSPS) is 13.9. The number of carbonyl (C=O) groups is 2. The van der Waals surface area contributed by atoms with Gasteiger partial charge in [-0.15, -0.1) is 0 Å². The van der Waals surface area contributed by atoms with E-state index in [4.69, 9.17) is 4.74 Å². The van der Waals surface area contributed by atoms with Crippen LogP contribution in [-0.2, 0) is 23.1 Å². The number of benzene rings is 3. The van der Waals surface area contributed by atoms with Crippen LogP contribution >= 0.6 is 0 Å². The average molecular weight is 485 g/mol. The van der Waals surface area contributed by atoms with E-state index in [1.807, 2.05) is 37.3 Å². The minimum atomic E-state index is -0.605. The topological polar surface area (TPSA) is 67.4 Å². The van der Waals surface area contributed by atoms with E-state index in [2.05, 4.69) is 43.5 Å². The molecule has 36 heavy (non-hydrogen) atoms. The Morgan fingerprint density at radius 1 is 0.861 bits per heavy atom. The number of carbonyl (C=O) groups excluding carboxylic acids is 2. The van der Waals surface area contributed by atoms with Crippen LogP contribution < -0.4 is 15.4 Å². The minimum Gasteiger partial charge on any atom is -0.481 e. The molecule has 0 aliphatic heterocycles. The molecule has 0 heterocycles. The number of hydrogen-bond donors (Lipinski definition) is 2. The molecule has 0 unspecified atom stereocenters. The van der Waals surface area contributed by atoms with Gasteiger partial charge >= 0.3 is 0 Å². The highest BCUT2D eigenvalue weighted by Gasteiger charge is 2.20. The van der Waals surface area contributed by atoms with E-state index in [1.54, 1.807) is 24.3 Å². The van der Waals surface area contributed by atoms with Gasteiger partial charge in [-0.1, -0.05) is 52.0 Å². The second kappa shape index (κ2) is 11.0. The first-order valence-corrected chi connectivity index (χ1v) is 12.8. The van der Waals surface area contributed by atoms with Crippen LogP contribution in [0.25, 0.3) is 0 Å². The lowest BCUT2D eigenvalue weighted by Crippen LogP contribution is -2.32. The Bertz CT molecular complexity index is 1230. The molecule has 0 radical (unpaired) electrons. The lowest BCUT2D eigenvalue weighted by molar-refractivity contribution is -0.122. The molecule has 5 nitrogen and oxygen atoms in total. The Labute approximate surface area is 214 Å². The molecule has 1 atom stereocenters. The van der Waals surface area contributed by atoms with Crippen molar-refractivity contribution in [3.63, 3.8) is 0 Å². The van der Waals surface area contributed by atoms with E-state index in [9.17, 15) is 9.59 Å². The van der Waals surface area contributed by atoms with Crippen molar-refractivity contribution in [3.05, 3.63) is 89.0 Å². The van der Waals surface area contributed by atoms with Crippen molar-refractivity contribution in [2.45, 2.75) is 71.3 Å². The zero-order valence-electron chi connectivity index (χ0n) is 21.7. The summed E-state index contributed by atoms with van der Waals surface area (Å²) in [6.45, 7) is 8.36. The molecule has 0 spiro atoms. The van der Waals surface area contributed by atoms with E-state index >= 15 is 0 Å². The van der Waals surface area contributed by atoms with Gasteiger partial charge in [0.1, 0.15) is 5.75 Å². The van der Waals surface area contributed by atoms with Crippen molar-refractivity contribution in [1.82, 2.24) is 0 Å². The van der Waals surface area contributed by atoms with Crippen molar-refractivity contribution in [3.8, 4) is 5.75 Å². The van der Waals surface area contributed by atoms with Crippen LogP contribution in [-0.4, -0.2) is 17.9 Å². The van der Waals surface area contributed by atoms with Gasteiger partial charge in [-0.2, -0.15) is 0 Å². The van der Waals surface area contributed by atoms with Crippen LogP contribution in [0.2, 0.25) is 0 Å². The van der Waals surface area contributed by atoms with Gasteiger partial charge < -0.3 is 15.4 Å². The molecule has 4 rings (SSSR count). The number of anilines is 2. The predicted octanol–water partition coefficient (Wildman–Crippen LogP) is 6.91. The van der Waals surface area contributed by atoms with Crippen molar-refractivity contribution in [2.75, 3.05) is 10.6 Å². The fourth-order valence-electron chi connectivity index (χ4n) is 4.49. The fraction of sp³-hybridized carbons (Fsp3) is 0.355. The molecule has 3 aromatic carbocycles. The maximum atomic E-state index is 13.0. The summed E-state index contributed by atoms with van der Waals surface area (Å²) in [5, 5.41) is 5.86. The van der Waals surface area contributed by atoms with Crippen molar-refractivity contribution in [2.24, 2.45) is 0 Å². The SMILES string of the molecule is CC[C@@H](Oc1ccc2c(c1)CCCC2)C(=O)Nc1cccc(NC(=O)c2ccc(C(C)(C)C)cc2)c1. The lowest BCUT2D eigenvalue weighted by atomic mass is 9.87. The largest absolute Gasteiger partial charge is 0.481 e. The average Bonchev–Trinajstić information content (AvgIpc) is 2.87. The Balaban J connectivity index is 1.38. The molecule has 188 valence electrons. The van der Waals surface area contributed by atoms with Crippen LogP contribution in [0.1, 0.15) is 74.0 Å². The summed E-state index contributed by atoms with van der Waals surface area (Å²) in [7, 11) is 0. The zero-order valence-corrected chi connectivity index (χ0v) is 21.7. The summed E-state index contributed by atoms with van der Waals surface area (Å²) < 4.78 is 6.07. The highest BCUT2D eigenvalue weighted by Crippen LogP contribution is 2.27. The Hall–Kier alpha value is -3.60. The molecule has 1 aliphatic rings. The van der Waals surface area contributed by atoms with Gasteiger partial charge in [-0.25, -0.2) is 0 Å². The van der Waals surface area contributed by atoms with E-state index in [-0.39, 0.29) is 17.2 Å². The number of fused-ring (bicyclic) bond motifs is 1. The second-order valence-corrected chi connectivity index (χ2v) is 10.5. The molecular formula is C31H36N2O3. The van der Waals surface area contributed by atoms with Gasteiger partial charge in [-0.3, -0.25) is 9.59 Å². The molecule has 0 saturated heterocycles. The van der Waals surface area contributed by atoms with E-state index < -0.39 is 6.10 Å². The van der Waals surface area contributed by atoms with Crippen LogP contribution in [0, 0.1) is 0 Å². The van der Waals surface area contributed by atoms with Crippen LogP contribution in [0.4, 0.5) is 11.4 Å². The van der Waals surface area contributed by atoms with Crippen molar-refractivity contribution >= 4 is 23.2 Å². The number of hydrogen-bond acceptors (Lipinski definition) is 3. The van der Waals surface area contributed by atoms with Gasteiger partial charge in [0.2, 0.25) is 0 Å². The summed E-state index contributed by atoms with van der Waals surface area (Å²) in [5.74, 6) is 0.328. The lowest BCUT2D eigenvalue weighted by Gasteiger charge is -2.20. The van der Waals surface area contributed by atoms with Gasteiger partial charge in [0.25, 0.3) is 11.8 Å². The number of amides is 2. The maximum Gasteiger partial charge on any atom is 0.265 e. The molecule has 1 aliphatic carbocycles. The van der Waals surface area contributed by atoms with Crippen LogP contribution in [0.15, 0.2) is 66.7 Å². The maximum absolute atomic E-state index is 13.0. The molecule has 0 bridgehead atoms. The van der Waals surface area contributed by atoms with Crippen molar-refractivity contribution < 1.29 is 14.3 Å². The molecule has 0 fully saturated rings. The third-order valence-electron chi connectivity index (χ3n) is 6.66. The summed E-state index contributed by atoms with van der Waals surface area (Å²) in [5.41, 5.74) is 5.71. The Morgan fingerprint density at radius 2 is 1.53 bits per heavy atom. The molecule has 0 saturated carbocycles. The third kappa shape index (κ3) is 6.34. The molecule has 3 aromatic rings. The number of ether oxygens (including phenoxy) is 1. The minimum absolute atomic E-state index is 0.0293. The van der Waals surface area contributed by atoms with Gasteiger partial charge in [0, 0.05) is 16.9 Å². The first-order chi connectivity index (χ1) is 17.2. The first kappa shape index (κ1) is 25.5. The molecule has 2 amide bonds. The Morgan fingerprint density at radius 3 is 2.19 bits per heavy atom. The molecule has 5 heteroatoms. The standard InChI is InChI=1S/C31H36N2O3/c1-5-28(36-27-18-15-21-9-6-7-10-23(21)19-27)30(35)33-26-12-8-11-25(20-26)32-29(34)22-13-16-24(17-14-22)31(2,3)4/h8,11-20,28H,5-7,9-10H2,1-4H3,(H,32,34)(H,33,35)/t28-/m1/s1. The van der Waals surface area contributed by atoms with Gasteiger partial charge in [0.05, 0.1) is 0 Å². The number of rotatable bonds is 7. The van der Waals surface area contributed by atoms with E-state index in [0.717, 1.165) is 18.6 Å². The highest BCUT2D eigenvalue weighted by molar-refractivity contribution is 6.04. The predicted molar refractivity (Wildman–Crippen MR) is 146 cm³/mol. The quantitative estimate of drug-likeness (QED) is 0.383. The number of nitrogens with one attached hydrogen (secondary N) is 2. The third-order valence-corrected chi connectivity index (χ3v) is 6.66.